The molecule has 0 saturated heterocycles. The third-order valence-corrected chi connectivity index (χ3v) is 3.23. The number of nitriles is 1. The van der Waals surface area contributed by atoms with Crippen LogP contribution in [-0.4, -0.2) is 5.11 Å². The lowest BCUT2D eigenvalue weighted by Gasteiger charge is -2.07. The van der Waals surface area contributed by atoms with Gasteiger partial charge in [0.15, 0.2) is 5.75 Å². The van der Waals surface area contributed by atoms with E-state index < -0.39 is 6.10 Å². The largest absolute Gasteiger partial charge is 0.452 e. The van der Waals surface area contributed by atoms with Gasteiger partial charge in [-0.15, -0.1) is 0 Å². The molecule has 2 aromatic carbocycles. The Labute approximate surface area is 121 Å². The van der Waals surface area contributed by atoms with Crippen molar-refractivity contribution >= 4 is 11.0 Å². The first kappa shape index (κ1) is 13.2. The maximum absolute atomic E-state index is 9.50. The van der Waals surface area contributed by atoms with Crippen LogP contribution in [0, 0.1) is 11.3 Å². The maximum Gasteiger partial charge on any atom is 0.247 e. The van der Waals surface area contributed by atoms with Gasteiger partial charge in [0.05, 0.1) is 11.5 Å². The van der Waals surface area contributed by atoms with Crippen molar-refractivity contribution in [3.05, 3.63) is 59.9 Å². The van der Waals surface area contributed by atoms with Crippen LogP contribution in [0.15, 0.2) is 52.9 Å². The van der Waals surface area contributed by atoms with Crippen LogP contribution in [-0.2, 0) is 0 Å². The Morgan fingerprint density at radius 1 is 1.14 bits per heavy atom. The van der Waals surface area contributed by atoms with E-state index >= 15 is 0 Å². The molecule has 21 heavy (non-hydrogen) atoms. The van der Waals surface area contributed by atoms with Crippen molar-refractivity contribution in [3.63, 3.8) is 0 Å². The van der Waals surface area contributed by atoms with Crippen LogP contribution in [0.4, 0.5) is 0 Å². The van der Waals surface area contributed by atoms with E-state index in [9.17, 15) is 5.11 Å². The number of rotatable bonds is 3. The monoisotopic (exact) mass is 279 g/mol. The van der Waals surface area contributed by atoms with Gasteiger partial charge in [0, 0.05) is 0 Å². The van der Waals surface area contributed by atoms with E-state index in [1.165, 1.54) is 0 Å². The molecule has 3 rings (SSSR count). The predicted octanol–water partition coefficient (Wildman–Crippen LogP) is 4.15. The molecule has 0 aliphatic rings. The summed E-state index contributed by atoms with van der Waals surface area (Å²) in [5.74, 6) is 1.15. The topological polar surface area (TPSA) is 66.4 Å². The third-order valence-electron chi connectivity index (χ3n) is 3.23. The van der Waals surface area contributed by atoms with Crippen LogP contribution in [0.2, 0.25) is 0 Å². The number of nitrogens with zero attached hydrogens (tertiary/aromatic N) is 1. The van der Waals surface area contributed by atoms with Gasteiger partial charge in [0.25, 0.3) is 0 Å². The summed E-state index contributed by atoms with van der Waals surface area (Å²) in [6, 6.07) is 16.4. The van der Waals surface area contributed by atoms with Gasteiger partial charge in [-0.2, -0.15) is 5.26 Å². The minimum atomic E-state index is -0.525. The summed E-state index contributed by atoms with van der Waals surface area (Å²) in [5.41, 5.74) is 1.42. The number of hydrogen-bond donors (Lipinski definition) is 1. The summed E-state index contributed by atoms with van der Waals surface area (Å²) < 4.78 is 11.2. The van der Waals surface area contributed by atoms with Crippen LogP contribution in [0.5, 0.6) is 11.5 Å². The fourth-order valence-corrected chi connectivity index (χ4v) is 2.13. The molecule has 0 amide bonds. The number of benzene rings is 2. The first-order valence-electron chi connectivity index (χ1n) is 6.56. The molecule has 0 radical (unpaired) electrons. The number of aliphatic hydroxyl groups excluding tert-OH is 1. The first-order chi connectivity index (χ1) is 10.2. The number of fused-ring (bicyclic) bond motifs is 1. The van der Waals surface area contributed by atoms with E-state index in [1.807, 2.05) is 24.3 Å². The summed E-state index contributed by atoms with van der Waals surface area (Å²) in [7, 11) is 0. The van der Waals surface area contributed by atoms with Crippen molar-refractivity contribution < 1.29 is 14.3 Å². The van der Waals surface area contributed by atoms with Crippen molar-refractivity contribution in [1.29, 1.82) is 5.26 Å². The Morgan fingerprint density at radius 2 is 1.86 bits per heavy atom. The minimum Gasteiger partial charge on any atom is -0.452 e. The Balaban J connectivity index is 1.99. The molecule has 1 heterocycles. The van der Waals surface area contributed by atoms with Crippen molar-refractivity contribution in [2.45, 2.75) is 13.0 Å². The molecule has 0 saturated carbocycles. The quantitative estimate of drug-likeness (QED) is 0.782. The summed E-state index contributed by atoms with van der Waals surface area (Å²) >= 11 is 0. The number of ether oxygens (including phenoxy) is 1. The maximum atomic E-state index is 9.50. The van der Waals surface area contributed by atoms with Crippen molar-refractivity contribution in [1.82, 2.24) is 0 Å². The van der Waals surface area contributed by atoms with Gasteiger partial charge in [0.1, 0.15) is 17.4 Å². The molecule has 0 aliphatic carbocycles. The Bertz CT molecular complexity index is 810. The van der Waals surface area contributed by atoms with Gasteiger partial charge >= 0.3 is 0 Å². The smallest absolute Gasteiger partial charge is 0.247 e. The zero-order valence-electron chi connectivity index (χ0n) is 11.4. The van der Waals surface area contributed by atoms with E-state index in [0.29, 0.717) is 17.1 Å². The highest BCUT2D eigenvalue weighted by Crippen LogP contribution is 2.36. The van der Waals surface area contributed by atoms with Crippen molar-refractivity contribution in [2.24, 2.45) is 0 Å². The SMILES string of the molecule is CC(O)c1ccc(Oc2c(C#N)oc3ccccc23)cc1. The second kappa shape index (κ2) is 5.31. The van der Waals surface area contributed by atoms with Crippen molar-refractivity contribution in [2.75, 3.05) is 0 Å². The van der Waals surface area contributed by atoms with Gasteiger partial charge < -0.3 is 14.3 Å². The Hall–Kier alpha value is -2.77. The predicted molar refractivity (Wildman–Crippen MR) is 78.1 cm³/mol. The number of para-hydroxylation sites is 1. The van der Waals surface area contributed by atoms with Crippen LogP contribution < -0.4 is 4.74 Å². The normalized spacial score (nSPS) is 12.0. The molecule has 1 N–H and O–H groups in total. The van der Waals surface area contributed by atoms with Crippen molar-refractivity contribution in [3.8, 4) is 17.6 Å². The highest BCUT2D eigenvalue weighted by atomic mass is 16.5. The first-order valence-corrected chi connectivity index (χ1v) is 6.56. The molecule has 104 valence electrons. The summed E-state index contributed by atoms with van der Waals surface area (Å²) in [6.45, 7) is 1.70. The summed E-state index contributed by atoms with van der Waals surface area (Å²) in [6.07, 6.45) is -0.525. The van der Waals surface area contributed by atoms with E-state index in [2.05, 4.69) is 0 Å². The average molecular weight is 279 g/mol. The highest BCUT2D eigenvalue weighted by molar-refractivity contribution is 5.86. The molecular formula is C17H13NO3. The van der Waals surface area contributed by atoms with Gasteiger partial charge in [-0.25, -0.2) is 0 Å². The minimum absolute atomic E-state index is 0.149. The van der Waals surface area contributed by atoms with Crippen LogP contribution in [0.25, 0.3) is 11.0 Å². The average Bonchev–Trinajstić information content (AvgIpc) is 2.86. The molecule has 3 aromatic rings. The molecule has 1 atom stereocenters. The Morgan fingerprint density at radius 3 is 2.52 bits per heavy atom. The number of aliphatic hydroxyl groups is 1. The van der Waals surface area contributed by atoms with Crippen LogP contribution >= 0.6 is 0 Å². The molecule has 0 aliphatic heterocycles. The standard InChI is InChI=1S/C17H13NO3/c1-11(19)12-6-8-13(9-7-12)20-17-14-4-2-3-5-15(14)21-16(17)10-18/h2-9,11,19H,1H3. The second-order valence-corrected chi connectivity index (χ2v) is 4.72. The van der Waals surface area contributed by atoms with Gasteiger partial charge in [-0.3, -0.25) is 0 Å². The Kier molecular flexibility index (Phi) is 3.35. The number of furan rings is 1. The van der Waals surface area contributed by atoms with E-state index in [0.717, 1.165) is 10.9 Å². The van der Waals surface area contributed by atoms with Crippen LogP contribution in [0.3, 0.4) is 0 Å². The molecule has 4 nitrogen and oxygen atoms in total. The van der Waals surface area contributed by atoms with Gasteiger partial charge in [-0.05, 0) is 36.8 Å². The highest BCUT2D eigenvalue weighted by Gasteiger charge is 2.15. The van der Waals surface area contributed by atoms with E-state index in [-0.39, 0.29) is 5.76 Å². The van der Waals surface area contributed by atoms with Gasteiger partial charge in [0.2, 0.25) is 5.76 Å². The second-order valence-electron chi connectivity index (χ2n) is 4.72. The fraction of sp³-hybridized carbons (Fsp3) is 0.118. The summed E-state index contributed by atoms with van der Waals surface area (Å²) in [5, 5.41) is 19.4. The van der Waals surface area contributed by atoms with E-state index in [1.54, 1.807) is 37.3 Å². The molecule has 4 heteroatoms. The van der Waals surface area contributed by atoms with Gasteiger partial charge in [-0.1, -0.05) is 24.3 Å². The molecule has 1 unspecified atom stereocenters. The lowest BCUT2D eigenvalue weighted by Crippen LogP contribution is -1.91. The molecule has 0 spiro atoms. The molecular weight excluding hydrogens is 266 g/mol. The lowest BCUT2D eigenvalue weighted by molar-refractivity contribution is 0.199. The lowest BCUT2D eigenvalue weighted by atomic mass is 10.1. The molecule has 1 aromatic heterocycles. The molecule has 0 fully saturated rings. The number of hydrogen-bond acceptors (Lipinski definition) is 4. The molecule has 0 bridgehead atoms. The van der Waals surface area contributed by atoms with Crippen LogP contribution in [0.1, 0.15) is 24.4 Å². The fourth-order valence-electron chi connectivity index (χ4n) is 2.13. The third kappa shape index (κ3) is 2.47. The zero-order valence-corrected chi connectivity index (χ0v) is 11.4. The summed E-state index contributed by atoms with van der Waals surface area (Å²) in [4.78, 5) is 0. The van der Waals surface area contributed by atoms with E-state index in [4.69, 9.17) is 14.4 Å². The zero-order chi connectivity index (χ0) is 14.8.